The summed E-state index contributed by atoms with van der Waals surface area (Å²) >= 11 is 0. The van der Waals surface area contributed by atoms with E-state index in [0.717, 1.165) is 32.0 Å². The number of hydrogen-bond acceptors (Lipinski definition) is 8. The van der Waals surface area contributed by atoms with E-state index in [1.165, 1.54) is 5.57 Å². The molecule has 268 valence electrons. The minimum absolute atomic E-state index is 0.0521. The lowest BCUT2D eigenvalue weighted by molar-refractivity contribution is -0.264. The number of esters is 2. The summed E-state index contributed by atoms with van der Waals surface area (Å²) in [6.45, 7) is 19.3. The van der Waals surface area contributed by atoms with Crippen LogP contribution >= 0.6 is 0 Å². The molecule has 0 aliphatic heterocycles. The van der Waals surface area contributed by atoms with E-state index in [1.807, 2.05) is 20.8 Å². The summed E-state index contributed by atoms with van der Waals surface area (Å²) in [5.41, 5.74) is -1.63. The molecule has 3 N–H and O–H groups in total. The Bertz CT molecular complexity index is 1430. The number of aliphatic hydroxyl groups is 3. The zero-order valence-corrected chi connectivity index (χ0v) is 30.9. The van der Waals surface area contributed by atoms with Gasteiger partial charge in [0.15, 0.2) is 6.10 Å². The third-order valence-corrected chi connectivity index (χ3v) is 15.3. The van der Waals surface area contributed by atoms with Crippen LogP contribution in [-0.2, 0) is 23.9 Å². The number of hydrogen-bond donors (Lipinski definition) is 3. The number of carbonyl (C=O) groups is 3. The van der Waals surface area contributed by atoms with Crippen LogP contribution in [0.25, 0.3) is 0 Å². The van der Waals surface area contributed by atoms with Crippen molar-refractivity contribution in [2.24, 2.45) is 50.2 Å². The molecule has 0 aromatic heterocycles. The van der Waals surface area contributed by atoms with Crippen molar-refractivity contribution >= 4 is 18.2 Å². The SMILES string of the molecule is CC=C(C)C(=O)OC1C(OC(=O)C(C)=CC)C2(CO)C(O)CC3(C)C(=CCC4C5(C)CCC(O)C(C)(C=O)C5CCC43C)C2CC1(C)C. The Labute approximate surface area is 287 Å². The van der Waals surface area contributed by atoms with Gasteiger partial charge in [-0.3, -0.25) is 0 Å². The predicted molar refractivity (Wildman–Crippen MR) is 183 cm³/mol. The quantitative estimate of drug-likeness (QED) is 0.131. The van der Waals surface area contributed by atoms with Gasteiger partial charge in [0, 0.05) is 16.6 Å². The molecule has 4 fully saturated rings. The molecular weight excluding hydrogens is 608 g/mol. The number of rotatable bonds is 6. The number of ether oxygens (including phenoxy) is 2. The molecule has 48 heavy (non-hydrogen) atoms. The lowest BCUT2D eigenvalue weighted by atomic mass is 9.33. The number of aldehydes is 1. The highest BCUT2D eigenvalue weighted by molar-refractivity contribution is 5.88. The first-order valence-corrected chi connectivity index (χ1v) is 18.1. The Balaban J connectivity index is 1.65. The predicted octanol–water partition coefficient (Wildman–Crippen LogP) is 6.27. The van der Waals surface area contributed by atoms with E-state index in [9.17, 15) is 29.7 Å². The summed E-state index contributed by atoms with van der Waals surface area (Å²) in [6.07, 6.45) is 7.69. The Morgan fingerprint density at radius 2 is 1.44 bits per heavy atom. The van der Waals surface area contributed by atoms with E-state index in [-0.39, 0.29) is 28.6 Å². The van der Waals surface area contributed by atoms with Crippen LogP contribution in [0.4, 0.5) is 0 Å². The molecule has 5 aliphatic rings. The molecule has 8 heteroatoms. The van der Waals surface area contributed by atoms with Crippen LogP contribution in [0.15, 0.2) is 34.9 Å². The van der Waals surface area contributed by atoms with Gasteiger partial charge in [0.1, 0.15) is 12.4 Å². The fourth-order valence-corrected chi connectivity index (χ4v) is 11.8. The molecule has 0 radical (unpaired) electrons. The lowest BCUT2D eigenvalue weighted by Gasteiger charge is -2.72. The largest absolute Gasteiger partial charge is 0.454 e. The van der Waals surface area contributed by atoms with Crippen LogP contribution in [0.5, 0.6) is 0 Å². The van der Waals surface area contributed by atoms with Gasteiger partial charge in [0.2, 0.25) is 0 Å². The lowest BCUT2D eigenvalue weighted by Crippen LogP contribution is -2.72. The Hall–Kier alpha value is -2.29. The standard InChI is InChI=1S/C40H60O8/c1-11-23(3)33(45)47-31-32(48-34(46)24(4)12-2)40(22-42)26(19-35(31,5)6)25-13-14-28-36(7)17-16-29(43)37(8,21-41)27(36)15-18-38(28,9)39(25,10)20-30(40)44/h11-13,21,26-32,42-44H,14-20,22H2,1-10H3. The second-order valence-corrected chi connectivity index (χ2v) is 17.7. The monoisotopic (exact) mass is 668 g/mol. The molecule has 0 heterocycles. The highest BCUT2D eigenvalue weighted by Gasteiger charge is 2.73. The first kappa shape index (κ1) is 37.0. The first-order valence-electron chi connectivity index (χ1n) is 18.1. The second-order valence-electron chi connectivity index (χ2n) is 17.7. The highest BCUT2D eigenvalue weighted by Crippen LogP contribution is 2.75. The van der Waals surface area contributed by atoms with Crippen molar-refractivity contribution in [1.29, 1.82) is 0 Å². The summed E-state index contributed by atoms with van der Waals surface area (Å²) in [5.74, 6) is -1.15. The van der Waals surface area contributed by atoms with Crippen molar-refractivity contribution in [3.63, 3.8) is 0 Å². The zero-order chi connectivity index (χ0) is 35.8. The fraction of sp³-hybridized carbons (Fsp3) is 0.775. The third kappa shape index (κ3) is 4.89. The van der Waals surface area contributed by atoms with E-state index in [1.54, 1.807) is 39.8 Å². The first-order chi connectivity index (χ1) is 22.3. The van der Waals surface area contributed by atoms with Gasteiger partial charge in [-0.1, -0.05) is 65.3 Å². The number of fused-ring (bicyclic) bond motifs is 7. The van der Waals surface area contributed by atoms with Crippen LogP contribution in [-0.4, -0.2) is 64.6 Å². The molecule has 12 atom stereocenters. The van der Waals surface area contributed by atoms with Crippen LogP contribution in [0, 0.1) is 50.2 Å². The van der Waals surface area contributed by atoms with Crippen molar-refractivity contribution in [1.82, 2.24) is 0 Å². The fourth-order valence-electron chi connectivity index (χ4n) is 11.8. The molecule has 12 unspecified atom stereocenters. The van der Waals surface area contributed by atoms with E-state index < -0.39 is 64.6 Å². The highest BCUT2D eigenvalue weighted by atomic mass is 16.6. The van der Waals surface area contributed by atoms with Gasteiger partial charge in [0.25, 0.3) is 0 Å². The van der Waals surface area contributed by atoms with Gasteiger partial charge in [-0.05, 0) is 107 Å². The molecule has 0 aromatic carbocycles. The number of aliphatic hydroxyl groups excluding tert-OH is 3. The van der Waals surface area contributed by atoms with E-state index >= 15 is 0 Å². The van der Waals surface area contributed by atoms with Crippen molar-refractivity contribution < 1.29 is 39.2 Å². The van der Waals surface area contributed by atoms with Gasteiger partial charge in [0.05, 0.1) is 29.6 Å². The third-order valence-electron chi connectivity index (χ3n) is 15.3. The maximum atomic E-state index is 13.5. The number of carbonyl (C=O) groups excluding carboxylic acids is 3. The summed E-state index contributed by atoms with van der Waals surface area (Å²) in [5, 5.41) is 35.1. The molecule has 0 aromatic rings. The Morgan fingerprint density at radius 3 is 1.98 bits per heavy atom. The van der Waals surface area contributed by atoms with E-state index in [2.05, 4.69) is 26.8 Å². The van der Waals surface area contributed by atoms with E-state index in [4.69, 9.17) is 9.47 Å². The zero-order valence-electron chi connectivity index (χ0n) is 30.9. The summed E-state index contributed by atoms with van der Waals surface area (Å²) in [7, 11) is 0. The van der Waals surface area contributed by atoms with E-state index in [0.29, 0.717) is 30.4 Å². The average molecular weight is 669 g/mol. The molecule has 0 saturated heterocycles. The Morgan fingerprint density at radius 1 is 0.854 bits per heavy atom. The van der Waals surface area contributed by atoms with Crippen molar-refractivity contribution in [3.8, 4) is 0 Å². The van der Waals surface area contributed by atoms with Gasteiger partial charge in [-0.2, -0.15) is 0 Å². The maximum Gasteiger partial charge on any atom is 0.333 e. The average Bonchev–Trinajstić information content (AvgIpc) is 3.03. The van der Waals surface area contributed by atoms with Gasteiger partial charge >= 0.3 is 11.9 Å². The maximum absolute atomic E-state index is 13.5. The van der Waals surface area contributed by atoms with Gasteiger partial charge < -0.3 is 29.6 Å². The van der Waals surface area contributed by atoms with Crippen LogP contribution < -0.4 is 0 Å². The smallest absolute Gasteiger partial charge is 0.333 e. The molecular formula is C40H60O8. The molecule has 0 amide bonds. The minimum Gasteiger partial charge on any atom is -0.454 e. The van der Waals surface area contributed by atoms with Gasteiger partial charge in [-0.15, -0.1) is 0 Å². The Kier molecular flexibility index (Phi) is 9.39. The molecule has 5 rings (SSSR count). The van der Waals surface area contributed by atoms with Crippen LogP contribution in [0.1, 0.15) is 114 Å². The van der Waals surface area contributed by atoms with Crippen molar-refractivity contribution in [2.45, 2.75) is 139 Å². The summed E-state index contributed by atoms with van der Waals surface area (Å²) in [4.78, 5) is 39.4. The molecule has 5 aliphatic carbocycles. The van der Waals surface area contributed by atoms with Crippen molar-refractivity contribution in [2.75, 3.05) is 6.61 Å². The number of allylic oxidation sites excluding steroid dienone is 4. The summed E-state index contributed by atoms with van der Waals surface area (Å²) in [6, 6.07) is 0. The van der Waals surface area contributed by atoms with Crippen LogP contribution in [0.2, 0.25) is 0 Å². The second kappa shape index (κ2) is 12.2. The topological polar surface area (TPSA) is 130 Å². The van der Waals surface area contributed by atoms with Crippen molar-refractivity contribution in [3.05, 3.63) is 34.9 Å². The van der Waals surface area contributed by atoms with Crippen LogP contribution in [0.3, 0.4) is 0 Å². The molecule has 8 nitrogen and oxygen atoms in total. The van der Waals surface area contributed by atoms with Gasteiger partial charge in [-0.25, -0.2) is 9.59 Å². The normalized spacial score (nSPS) is 46.9. The molecule has 4 saturated carbocycles. The summed E-state index contributed by atoms with van der Waals surface area (Å²) < 4.78 is 12.5. The molecule has 0 bridgehead atoms. The molecule has 0 spiro atoms. The minimum atomic E-state index is -1.30.